The summed E-state index contributed by atoms with van der Waals surface area (Å²) >= 11 is 7.01. The third-order valence-electron chi connectivity index (χ3n) is 3.08. The number of aromatic nitrogens is 2. The summed E-state index contributed by atoms with van der Waals surface area (Å²) in [4.78, 5) is 0. The van der Waals surface area contributed by atoms with E-state index in [1.54, 1.807) is 0 Å². The number of benzene rings is 1. The maximum Gasteiger partial charge on any atom is 0.139 e. The van der Waals surface area contributed by atoms with Crippen molar-refractivity contribution >= 4 is 31.9 Å². The van der Waals surface area contributed by atoms with Gasteiger partial charge in [0.05, 0.1) is 26.9 Å². The molecule has 20 heavy (non-hydrogen) atoms. The number of ether oxygens (including phenoxy) is 1. The van der Waals surface area contributed by atoms with Crippen molar-refractivity contribution < 1.29 is 9.84 Å². The molecule has 1 aromatic heterocycles. The molecule has 1 N–H and O–H groups in total. The minimum atomic E-state index is -0.0540. The lowest BCUT2D eigenvalue weighted by Gasteiger charge is -2.12. The van der Waals surface area contributed by atoms with Crippen LogP contribution >= 0.6 is 31.9 Å². The van der Waals surface area contributed by atoms with Crippen LogP contribution in [0.3, 0.4) is 0 Å². The van der Waals surface area contributed by atoms with Crippen LogP contribution < -0.4 is 4.74 Å². The number of nitrogens with zero attached hydrogens (tertiary/aromatic N) is 2. The third kappa shape index (κ3) is 3.07. The SMILES string of the molecule is CCc1nn(C)c(COc2c(Br)cccc2CO)c1Br. The van der Waals surface area contributed by atoms with Gasteiger partial charge in [-0.05, 0) is 44.3 Å². The van der Waals surface area contributed by atoms with E-state index in [9.17, 15) is 5.11 Å². The molecule has 0 bridgehead atoms. The van der Waals surface area contributed by atoms with Crippen molar-refractivity contribution in [3.8, 4) is 5.75 Å². The first kappa shape index (κ1) is 15.5. The van der Waals surface area contributed by atoms with Crippen LogP contribution in [0.1, 0.15) is 23.9 Å². The van der Waals surface area contributed by atoms with Crippen molar-refractivity contribution in [2.75, 3.05) is 0 Å². The minimum absolute atomic E-state index is 0.0540. The molecule has 6 heteroatoms. The Morgan fingerprint density at radius 3 is 2.70 bits per heavy atom. The molecule has 0 saturated carbocycles. The lowest BCUT2D eigenvalue weighted by Crippen LogP contribution is -2.05. The van der Waals surface area contributed by atoms with Crippen molar-refractivity contribution in [1.29, 1.82) is 0 Å². The van der Waals surface area contributed by atoms with Gasteiger partial charge in [0, 0.05) is 12.6 Å². The molecule has 1 heterocycles. The molecule has 0 amide bonds. The number of rotatable bonds is 5. The average molecular weight is 404 g/mol. The van der Waals surface area contributed by atoms with Gasteiger partial charge in [0.15, 0.2) is 0 Å². The van der Waals surface area contributed by atoms with Crippen LogP contribution in [0.25, 0.3) is 0 Å². The second-order valence-electron chi connectivity index (χ2n) is 4.36. The van der Waals surface area contributed by atoms with E-state index in [1.165, 1.54) is 0 Å². The van der Waals surface area contributed by atoms with Gasteiger partial charge in [-0.25, -0.2) is 0 Å². The van der Waals surface area contributed by atoms with E-state index in [2.05, 4.69) is 43.9 Å². The van der Waals surface area contributed by atoms with Gasteiger partial charge in [-0.2, -0.15) is 5.10 Å². The first-order chi connectivity index (χ1) is 9.58. The Labute approximate surface area is 135 Å². The zero-order chi connectivity index (χ0) is 14.7. The van der Waals surface area contributed by atoms with Crippen molar-refractivity contribution in [2.24, 2.45) is 7.05 Å². The quantitative estimate of drug-likeness (QED) is 0.829. The number of para-hydroxylation sites is 1. The molecule has 0 unspecified atom stereocenters. The number of aliphatic hydroxyl groups is 1. The van der Waals surface area contributed by atoms with Crippen LogP contribution in [0.4, 0.5) is 0 Å². The smallest absolute Gasteiger partial charge is 0.139 e. The summed E-state index contributed by atoms with van der Waals surface area (Å²) in [5.74, 6) is 0.668. The maximum atomic E-state index is 9.36. The van der Waals surface area contributed by atoms with Crippen LogP contribution in [0.2, 0.25) is 0 Å². The Hall–Kier alpha value is -0.850. The highest BCUT2D eigenvalue weighted by molar-refractivity contribution is 9.10. The maximum absolute atomic E-state index is 9.36. The van der Waals surface area contributed by atoms with Gasteiger partial charge in [0.1, 0.15) is 12.4 Å². The molecular weight excluding hydrogens is 388 g/mol. The van der Waals surface area contributed by atoms with Gasteiger partial charge >= 0.3 is 0 Å². The number of hydrogen-bond donors (Lipinski definition) is 1. The summed E-state index contributed by atoms with van der Waals surface area (Å²) in [5, 5.41) is 13.8. The van der Waals surface area contributed by atoms with Crippen LogP contribution in [-0.2, 0) is 26.7 Å². The van der Waals surface area contributed by atoms with Crippen LogP contribution in [0.5, 0.6) is 5.75 Å². The van der Waals surface area contributed by atoms with Gasteiger partial charge in [0.25, 0.3) is 0 Å². The van der Waals surface area contributed by atoms with Crippen molar-refractivity contribution in [2.45, 2.75) is 26.6 Å². The number of hydrogen-bond acceptors (Lipinski definition) is 3. The van der Waals surface area contributed by atoms with Crippen molar-refractivity contribution in [3.05, 3.63) is 44.1 Å². The van der Waals surface area contributed by atoms with Gasteiger partial charge in [-0.3, -0.25) is 4.68 Å². The zero-order valence-electron chi connectivity index (χ0n) is 11.4. The van der Waals surface area contributed by atoms with E-state index in [1.807, 2.05) is 29.9 Å². The summed E-state index contributed by atoms with van der Waals surface area (Å²) in [6, 6.07) is 5.61. The van der Waals surface area contributed by atoms with E-state index >= 15 is 0 Å². The molecule has 0 aliphatic carbocycles. The molecule has 0 aliphatic heterocycles. The third-order valence-corrected chi connectivity index (χ3v) is 4.61. The second-order valence-corrected chi connectivity index (χ2v) is 6.01. The first-order valence-electron chi connectivity index (χ1n) is 6.29. The van der Waals surface area contributed by atoms with Crippen molar-refractivity contribution in [1.82, 2.24) is 9.78 Å². The predicted molar refractivity (Wildman–Crippen MR) is 84.7 cm³/mol. The lowest BCUT2D eigenvalue weighted by atomic mass is 10.2. The summed E-state index contributed by atoms with van der Waals surface area (Å²) < 4.78 is 9.50. The molecule has 4 nitrogen and oxygen atoms in total. The first-order valence-corrected chi connectivity index (χ1v) is 7.88. The lowest BCUT2D eigenvalue weighted by molar-refractivity contribution is 0.254. The van der Waals surface area contributed by atoms with Crippen LogP contribution in [0, 0.1) is 0 Å². The summed E-state index contributed by atoms with van der Waals surface area (Å²) in [6.07, 6.45) is 0.866. The van der Waals surface area contributed by atoms with Gasteiger partial charge in [-0.15, -0.1) is 0 Å². The molecule has 0 radical (unpaired) electrons. The molecule has 1 aromatic carbocycles. The Kier molecular flexibility index (Phi) is 5.23. The molecule has 2 aromatic rings. The molecular formula is C14H16Br2N2O2. The minimum Gasteiger partial charge on any atom is -0.486 e. The molecule has 0 aliphatic rings. The fourth-order valence-corrected chi connectivity index (χ4v) is 3.21. The molecule has 108 valence electrons. The van der Waals surface area contributed by atoms with Gasteiger partial charge < -0.3 is 9.84 Å². The van der Waals surface area contributed by atoms with E-state index in [-0.39, 0.29) is 6.61 Å². The fraction of sp³-hybridized carbons (Fsp3) is 0.357. The standard InChI is InChI=1S/C14H16Br2N2O2/c1-3-11-13(16)12(18(2)17-11)8-20-14-9(7-19)5-4-6-10(14)15/h4-6,19H,3,7-8H2,1-2H3. The Balaban J connectivity index is 2.23. The monoisotopic (exact) mass is 402 g/mol. The Morgan fingerprint density at radius 2 is 2.10 bits per heavy atom. The average Bonchev–Trinajstić information content (AvgIpc) is 2.72. The molecule has 0 fully saturated rings. The van der Waals surface area contributed by atoms with E-state index < -0.39 is 0 Å². The Morgan fingerprint density at radius 1 is 1.35 bits per heavy atom. The highest BCUT2D eigenvalue weighted by atomic mass is 79.9. The van der Waals surface area contributed by atoms with E-state index in [4.69, 9.17) is 4.74 Å². The summed E-state index contributed by atoms with van der Waals surface area (Å²) in [6.45, 7) is 2.40. The number of aliphatic hydroxyl groups excluding tert-OH is 1. The fourth-order valence-electron chi connectivity index (χ4n) is 1.96. The largest absolute Gasteiger partial charge is 0.486 e. The van der Waals surface area contributed by atoms with Crippen LogP contribution in [0.15, 0.2) is 27.1 Å². The molecule has 0 atom stereocenters. The molecule has 0 saturated heterocycles. The topological polar surface area (TPSA) is 47.3 Å². The van der Waals surface area contributed by atoms with Gasteiger partial charge in [-0.1, -0.05) is 19.1 Å². The van der Waals surface area contributed by atoms with Crippen molar-refractivity contribution in [3.63, 3.8) is 0 Å². The van der Waals surface area contributed by atoms with Gasteiger partial charge in [0.2, 0.25) is 0 Å². The number of aryl methyl sites for hydroxylation is 2. The highest BCUT2D eigenvalue weighted by Crippen LogP contribution is 2.31. The van der Waals surface area contributed by atoms with Crippen LogP contribution in [-0.4, -0.2) is 14.9 Å². The molecule has 0 spiro atoms. The molecule has 2 rings (SSSR count). The number of halogens is 2. The summed E-state index contributed by atoms with van der Waals surface area (Å²) in [7, 11) is 1.90. The normalized spacial score (nSPS) is 10.8. The zero-order valence-corrected chi connectivity index (χ0v) is 14.5. The highest BCUT2D eigenvalue weighted by Gasteiger charge is 2.14. The summed E-state index contributed by atoms with van der Waals surface area (Å²) in [5.41, 5.74) is 2.75. The second kappa shape index (κ2) is 6.74. The Bertz CT molecular complexity index is 611. The van der Waals surface area contributed by atoms with E-state index in [0.29, 0.717) is 12.4 Å². The predicted octanol–water partition coefficient (Wildman–Crippen LogP) is 3.58. The van der Waals surface area contributed by atoms with E-state index in [0.717, 1.165) is 32.3 Å².